The summed E-state index contributed by atoms with van der Waals surface area (Å²) in [6.07, 6.45) is 4.44. The minimum Gasteiger partial charge on any atom is -0.483 e. The van der Waals surface area contributed by atoms with Gasteiger partial charge in [0.1, 0.15) is 17.1 Å². The van der Waals surface area contributed by atoms with Crippen LogP contribution in [-0.2, 0) is 33.1 Å². The fraction of sp³-hybridized carbons (Fsp3) is 0.321. The topological polar surface area (TPSA) is 60.4 Å². The van der Waals surface area contributed by atoms with Crippen LogP contribution in [0.2, 0.25) is 10.0 Å². The third-order valence-corrected chi connectivity index (χ3v) is 8.83. The van der Waals surface area contributed by atoms with E-state index in [4.69, 9.17) is 27.9 Å². The second-order valence-corrected chi connectivity index (χ2v) is 12.1. The molecule has 184 valence electrons. The summed E-state index contributed by atoms with van der Waals surface area (Å²) in [5.41, 5.74) is 2.18. The number of halogens is 2. The average Bonchev–Trinajstić information content (AvgIpc) is 3.30. The van der Waals surface area contributed by atoms with Gasteiger partial charge in [-0.2, -0.15) is 0 Å². The van der Waals surface area contributed by atoms with Crippen molar-refractivity contribution in [2.45, 2.75) is 55.9 Å². The molecule has 1 aliphatic carbocycles. The molecular weight excluding hydrogens is 503 g/mol. The molecule has 35 heavy (non-hydrogen) atoms. The Labute approximate surface area is 217 Å². The summed E-state index contributed by atoms with van der Waals surface area (Å²) in [7, 11) is -3.24. The summed E-state index contributed by atoms with van der Waals surface area (Å²) in [5.74, 6) is 0.852. The van der Waals surface area contributed by atoms with E-state index in [-0.39, 0.29) is 22.9 Å². The van der Waals surface area contributed by atoms with Gasteiger partial charge in [-0.05, 0) is 73.2 Å². The molecule has 0 amide bonds. The van der Waals surface area contributed by atoms with Gasteiger partial charge < -0.3 is 4.74 Å². The predicted octanol–water partition coefficient (Wildman–Crippen LogP) is 6.99. The van der Waals surface area contributed by atoms with Crippen LogP contribution >= 0.6 is 23.2 Å². The largest absolute Gasteiger partial charge is 0.483 e. The van der Waals surface area contributed by atoms with E-state index in [2.05, 4.69) is 0 Å². The maximum absolute atomic E-state index is 12.6. The molecule has 0 saturated heterocycles. The number of Topliss-reactive ketones (excluding diaryl/α,β-unsaturated/α-hetero) is 1. The number of hydrogen-bond acceptors (Lipinski definition) is 4. The second kappa shape index (κ2) is 10.7. The van der Waals surface area contributed by atoms with Crippen LogP contribution in [0.5, 0.6) is 5.75 Å². The van der Waals surface area contributed by atoms with Crippen molar-refractivity contribution in [1.82, 2.24) is 0 Å². The Kier molecular flexibility index (Phi) is 7.89. The maximum Gasteiger partial charge on any atom is 0.178 e. The quantitative estimate of drug-likeness (QED) is 0.299. The predicted molar refractivity (Wildman–Crippen MR) is 140 cm³/mol. The molecule has 1 saturated carbocycles. The zero-order chi connectivity index (χ0) is 25.1. The summed E-state index contributed by atoms with van der Waals surface area (Å²) in [5, 5.41) is 1.21. The Morgan fingerprint density at radius 3 is 2.00 bits per heavy atom. The van der Waals surface area contributed by atoms with E-state index < -0.39 is 15.4 Å². The number of sulfone groups is 1. The van der Waals surface area contributed by atoms with Crippen LogP contribution in [0, 0.1) is 0 Å². The maximum atomic E-state index is 12.6. The van der Waals surface area contributed by atoms with Gasteiger partial charge in [0.2, 0.25) is 0 Å². The highest BCUT2D eigenvalue weighted by Crippen LogP contribution is 2.45. The number of hydrogen-bond donors (Lipinski definition) is 0. The van der Waals surface area contributed by atoms with Gasteiger partial charge in [-0.15, -0.1) is 0 Å². The fourth-order valence-corrected chi connectivity index (χ4v) is 6.10. The summed E-state index contributed by atoms with van der Waals surface area (Å²) in [6.45, 7) is 1.61. The van der Waals surface area contributed by atoms with Crippen LogP contribution in [0.3, 0.4) is 0 Å². The van der Waals surface area contributed by atoms with E-state index >= 15 is 0 Å². The van der Waals surface area contributed by atoms with Gasteiger partial charge in [-0.1, -0.05) is 60.5 Å². The molecule has 0 unspecified atom stereocenters. The third-order valence-electron chi connectivity index (χ3n) is 6.53. The summed E-state index contributed by atoms with van der Waals surface area (Å²) in [4.78, 5) is 12.9. The second-order valence-electron chi connectivity index (χ2n) is 9.01. The molecule has 0 N–H and O–H groups in total. The van der Waals surface area contributed by atoms with Crippen molar-refractivity contribution in [3.63, 3.8) is 0 Å². The lowest BCUT2D eigenvalue weighted by molar-refractivity contribution is -0.117. The van der Waals surface area contributed by atoms with Crippen LogP contribution < -0.4 is 4.74 Å². The minimum absolute atomic E-state index is 0.0544. The molecule has 4 nitrogen and oxygen atoms in total. The Balaban J connectivity index is 1.41. The average molecular weight is 532 g/mol. The minimum atomic E-state index is -3.24. The van der Waals surface area contributed by atoms with E-state index in [1.165, 1.54) is 0 Å². The van der Waals surface area contributed by atoms with Gasteiger partial charge >= 0.3 is 0 Å². The lowest BCUT2D eigenvalue weighted by atomic mass is 9.91. The van der Waals surface area contributed by atoms with E-state index in [1.807, 2.05) is 36.4 Å². The molecule has 0 bridgehead atoms. The first-order chi connectivity index (χ1) is 16.7. The van der Waals surface area contributed by atoms with E-state index in [9.17, 15) is 13.2 Å². The summed E-state index contributed by atoms with van der Waals surface area (Å²) >= 11 is 12.6. The lowest BCUT2D eigenvalue weighted by Gasteiger charge is -2.32. The zero-order valence-corrected chi connectivity index (χ0v) is 21.9. The summed E-state index contributed by atoms with van der Waals surface area (Å²) in [6, 6.07) is 19.7. The Hall–Kier alpha value is -2.34. The number of carbonyl (C=O) groups excluding carboxylic acids is 1. The zero-order valence-electron chi connectivity index (χ0n) is 19.6. The molecule has 0 spiro atoms. The van der Waals surface area contributed by atoms with Crippen LogP contribution in [0.4, 0.5) is 0 Å². The van der Waals surface area contributed by atoms with Crippen LogP contribution in [0.1, 0.15) is 49.3 Å². The SMILES string of the molecule is CCS(=O)(=O)c1ccc(CC(=O)Cc2ccc(OC3(c4ccc(Cl)cc4Cl)CCCC3)cc2)cc1. The highest BCUT2D eigenvalue weighted by molar-refractivity contribution is 7.91. The molecule has 7 heteroatoms. The molecule has 3 aromatic carbocycles. The first kappa shape index (κ1) is 25.7. The summed E-state index contributed by atoms with van der Waals surface area (Å²) < 4.78 is 30.4. The van der Waals surface area contributed by atoms with Crippen LogP contribution in [-0.4, -0.2) is 20.0 Å². The molecule has 1 fully saturated rings. The fourth-order valence-electron chi connectivity index (χ4n) is 4.63. The van der Waals surface area contributed by atoms with Crippen LogP contribution in [0.15, 0.2) is 71.6 Å². The van der Waals surface area contributed by atoms with Gasteiger partial charge in [-0.25, -0.2) is 8.42 Å². The van der Waals surface area contributed by atoms with Gasteiger partial charge in [0, 0.05) is 28.5 Å². The number of carbonyl (C=O) groups is 1. The number of benzene rings is 3. The molecule has 0 aromatic heterocycles. The van der Waals surface area contributed by atoms with Crippen molar-refractivity contribution < 1.29 is 17.9 Å². The molecule has 3 aromatic rings. The van der Waals surface area contributed by atoms with E-state index in [0.717, 1.165) is 48.1 Å². The molecule has 0 aliphatic heterocycles. The van der Waals surface area contributed by atoms with Crippen molar-refractivity contribution >= 4 is 38.8 Å². The van der Waals surface area contributed by atoms with Crippen molar-refractivity contribution in [2.75, 3.05) is 5.75 Å². The third kappa shape index (κ3) is 6.08. The van der Waals surface area contributed by atoms with Crippen molar-refractivity contribution in [3.8, 4) is 5.75 Å². The highest BCUT2D eigenvalue weighted by atomic mass is 35.5. The molecule has 0 atom stereocenters. The normalized spacial score (nSPS) is 15.2. The molecule has 4 rings (SSSR count). The number of rotatable bonds is 9. The van der Waals surface area contributed by atoms with Crippen LogP contribution in [0.25, 0.3) is 0 Å². The van der Waals surface area contributed by atoms with Gasteiger partial charge in [0.15, 0.2) is 9.84 Å². The first-order valence-electron chi connectivity index (χ1n) is 11.8. The Morgan fingerprint density at radius 2 is 1.46 bits per heavy atom. The first-order valence-corrected chi connectivity index (χ1v) is 14.2. The van der Waals surface area contributed by atoms with Crippen molar-refractivity contribution in [1.29, 1.82) is 0 Å². The standard InChI is InChI=1S/C28H28Cl2O4S/c1-2-35(32,33)25-12-7-21(8-13-25)18-23(31)17-20-5-10-24(11-6-20)34-28(15-3-4-16-28)26-14-9-22(29)19-27(26)30/h5-14,19H,2-4,15-18H2,1H3. The van der Waals surface area contributed by atoms with Crippen molar-refractivity contribution in [2.24, 2.45) is 0 Å². The molecular formula is C28H28Cl2O4S. The molecule has 0 radical (unpaired) electrons. The smallest absolute Gasteiger partial charge is 0.178 e. The molecule has 0 heterocycles. The monoisotopic (exact) mass is 530 g/mol. The van der Waals surface area contributed by atoms with Gasteiger partial charge in [-0.3, -0.25) is 4.79 Å². The lowest BCUT2D eigenvalue weighted by Crippen LogP contribution is -2.30. The van der Waals surface area contributed by atoms with Gasteiger partial charge in [0.05, 0.1) is 10.6 Å². The van der Waals surface area contributed by atoms with Gasteiger partial charge in [0.25, 0.3) is 0 Å². The Bertz CT molecular complexity index is 1290. The van der Waals surface area contributed by atoms with Crippen molar-refractivity contribution in [3.05, 3.63) is 93.5 Å². The number of ether oxygens (including phenoxy) is 1. The van der Waals surface area contributed by atoms with E-state index in [1.54, 1.807) is 37.3 Å². The van der Waals surface area contributed by atoms with E-state index in [0.29, 0.717) is 16.5 Å². The molecule has 1 aliphatic rings. The number of ketones is 1. The Morgan fingerprint density at radius 1 is 0.886 bits per heavy atom. The highest BCUT2D eigenvalue weighted by Gasteiger charge is 2.39.